The Labute approximate surface area is 138 Å². The molecule has 3 heterocycles. The third kappa shape index (κ3) is 3.94. The monoisotopic (exact) mass is 362 g/mol. The van der Waals surface area contributed by atoms with Gasteiger partial charge in [0.05, 0.1) is 9.75 Å². The van der Waals surface area contributed by atoms with Gasteiger partial charge in [0.1, 0.15) is 5.69 Å². The van der Waals surface area contributed by atoms with E-state index in [-0.39, 0.29) is 10.6 Å². The topological polar surface area (TPSA) is 73.6 Å². The van der Waals surface area contributed by atoms with Crippen LogP contribution in [0.15, 0.2) is 22.7 Å². The second kappa shape index (κ2) is 6.91. The number of hydroxylamine groups is 1. The SMILES string of the molecule is O=C(NOC1CCCCO1)c1ccc(-c2cc(C(F)(F)F)on2)s1. The van der Waals surface area contributed by atoms with E-state index in [9.17, 15) is 18.0 Å². The maximum atomic E-state index is 12.5. The van der Waals surface area contributed by atoms with E-state index in [4.69, 9.17) is 9.57 Å². The quantitative estimate of drug-likeness (QED) is 0.841. The first-order valence-electron chi connectivity index (χ1n) is 7.15. The van der Waals surface area contributed by atoms with Crippen molar-refractivity contribution >= 4 is 17.2 Å². The zero-order valence-electron chi connectivity index (χ0n) is 12.3. The summed E-state index contributed by atoms with van der Waals surface area (Å²) in [6.07, 6.45) is -2.48. The zero-order valence-corrected chi connectivity index (χ0v) is 13.1. The predicted octanol–water partition coefficient (Wildman–Crippen LogP) is 3.61. The number of carbonyl (C=O) groups excluding carboxylic acids is 1. The summed E-state index contributed by atoms with van der Waals surface area (Å²) in [5.74, 6) is -1.69. The first-order valence-corrected chi connectivity index (χ1v) is 7.97. The van der Waals surface area contributed by atoms with E-state index in [1.165, 1.54) is 12.1 Å². The second-order valence-corrected chi connectivity index (χ2v) is 6.17. The Morgan fingerprint density at radius 3 is 2.88 bits per heavy atom. The number of nitrogens with one attached hydrogen (secondary N) is 1. The Morgan fingerprint density at radius 1 is 1.38 bits per heavy atom. The average molecular weight is 362 g/mol. The average Bonchev–Trinajstić information content (AvgIpc) is 3.21. The lowest BCUT2D eigenvalue weighted by Gasteiger charge is -2.21. The molecule has 2 aromatic heterocycles. The van der Waals surface area contributed by atoms with E-state index < -0.39 is 24.1 Å². The number of ether oxygens (including phenoxy) is 1. The van der Waals surface area contributed by atoms with Crippen LogP contribution < -0.4 is 5.48 Å². The molecule has 6 nitrogen and oxygen atoms in total. The first kappa shape index (κ1) is 16.9. The van der Waals surface area contributed by atoms with Crippen molar-refractivity contribution in [3.05, 3.63) is 28.8 Å². The normalized spacial score (nSPS) is 18.5. The highest BCUT2D eigenvalue weighted by Crippen LogP contribution is 2.34. The van der Waals surface area contributed by atoms with Crippen LogP contribution in [-0.4, -0.2) is 24.0 Å². The molecule has 0 radical (unpaired) electrons. The summed E-state index contributed by atoms with van der Waals surface area (Å²) in [4.78, 5) is 17.8. The Bertz CT molecular complexity index is 707. The van der Waals surface area contributed by atoms with Gasteiger partial charge in [-0.25, -0.2) is 10.3 Å². The van der Waals surface area contributed by atoms with Crippen molar-refractivity contribution in [2.75, 3.05) is 6.61 Å². The molecule has 0 bridgehead atoms. The van der Waals surface area contributed by atoms with Gasteiger partial charge in [-0.15, -0.1) is 11.3 Å². The number of hydrogen-bond donors (Lipinski definition) is 1. The Morgan fingerprint density at radius 2 is 2.21 bits per heavy atom. The number of amides is 1. The van der Waals surface area contributed by atoms with Gasteiger partial charge in [0.15, 0.2) is 6.29 Å². The fraction of sp³-hybridized carbons (Fsp3) is 0.429. The van der Waals surface area contributed by atoms with Gasteiger partial charge in [-0.3, -0.25) is 4.79 Å². The van der Waals surface area contributed by atoms with Crippen LogP contribution in [-0.2, 0) is 15.8 Å². The van der Waals surface area contributed by atoms with Crippen molar-refractivity contribution in [3.8, 4) is 10.6 Å². The lowest BCUT2D eigenvalue weighted by Crippen LogP contribution is -2.32. The molecule has 2 aromatic rings. The maximum absolute atomic E-state index is 12.5. The van der Waals surface area contributed by atoms with E-state index in [2.05, 4.69) is 15.2 Å². The summed E-state index contributed by atoms with van der Waals surface area (Å²) in [6.45, 7) is 0.581. The van der Waals surface area contributed by atoms with Crippen molar-refractivity contribution in [2.45, 2.75) is 31.7 Å². The van der Waals surface area contributed by atoms with E-state index in [1.807, 2.05) is 0 Å². The number of rotatable bonds is 4. The maximum Gasteiger partial charge on any atom is 0.452 e. The third-order valence-electron chi connectivity index (χ3n) is 3.29. The van der Waals surface area contributed by atoms with Crippen LogP contribution in [0, 0.1) is 0 Å². The molecular formula is C14H13F3N2O4S. The largest absolute Gasteiger partial charge is 0.452 e. The Hall–Kier alpha value is -1.91. The standard InChI is InChI=1S/C14H13F3N2O4S/c15-14(16,17)11-7-8(18-22-11)9-4-5-10(24-9)13(20)19-23-12-3-1-2-6-21-12/h4-5,7,12H,1-3,6H2,(H,19,20). The van der Waals surface area contributed by atoms with E-state index in [0.717, 1.165) is 30.2 Å². The molecule has 1 fully saturated rings. The van der Waals surface area contributed by atoms with Gasteiger partial charge in [0.25, 0.3) is 5.91 Å². The van der Waals surface area contributed by atoms with E-state index in [1.54, 1.807) is 0 Å². The highest BCUT2D eigenvalue weighted by atomic mass is 32.1. The minimum atomic E-state index is -4.60. The molecule has 0 saturated carbocycles. The Balaban J connectivity index is 1.62. The lowest BCUT2D eigenvalue weighted by molar-refractivity contribution is -0.186. The van der Waals surface area contributed by atoms with Gasteiger partial charge >= 0.3 is 6.18 Å². The minimum Gasteiger partial charge on any atom is -0.351 e. The zero-order chi connectivity index (χ0) is 17.2. The molecular weight excluding hydrogens is 349 g/mol. The third-order valence-corrected chi connectivity index (χ3v) is 4.40. The van der Waals surface area contributed by atoms with Crippen molar-refractivity contribution < 1.29 is 32.1 Å². The molecule has 1 atom stereocenters. The van der Waals surface area contributed by atoms with Crippen molar-refractivity contribution in [1.29, 1.82) is 0 Å². The van der Waals surface area contributed by atoms with E-state index >= 15 is 0 Å². The minimum absolute atomic E-state index is 0.0166. The number of hydrogen-bond acceptors (Lipinski definition) is 6. The fourth-order valence-corrected chi connectivity index (χ4v) is 2.94. The van der Waals surface area contributed by atoms with Crippen LogP contribution in [0.3, 0.4) is 0 Å². The molecule has 0 aromatic carbocycles. The molecule has 24 heavy (non-hydrogen) atoms. The smallest absolute Gasteiger partial charge is 0.351 e. The molecule has 130 valence electrons. The highest BCUT2D eigenvalue weighted by Gasteiger charge is 2.36. The molecule has 1 unspecified atom stereocenters. The van der Waals surface area contributed by atoms with Crippen LogP contribution in [0.5, 0.6) is 0 Å². The molecule has 0 aliphatic carbocycles. The summed E-state index contributed by atoms with van der Waals surface area (Å²) < 4.78 is 47.1. The lowest BCUT2D eigenvalue weighted by atomic mass is 10.2. The van der Waals surface area contributed by atoms with Crippen LogP contribution in [0.25, 0.3) is 10.6 Å². The molecule has 1 aliphatic heterocycles. The van der Waals surface area contributed by atoms with Gasteiger partial charge in [-0.05, 0) is 25.0 Å². The summed E-state index contributed by atoms with van der Waals surface area (Å²) >= 11 is 0.982. The molecule has 1 aliphatic rings. The van der Waals surface area contributed by atoms with Gasteiger partial charge in [-0.2, -0.15) is 13.2 Å². The van der Waals surface area contributed by atoms with Crippen molar-refractivity contribution in [3.63, 3.8) is 0 Å². The summed E-state index contributed by atoms with van der Waals surface area (Å²) in [5.41, 5.74) is 2.30. The van der Waals surface area contributed by atoms with Gasteiger partial charge in [-0.1, -0.05) is 5.16 Å². The number of aromatic nitrogens is 1. The van der Waals surface area contributed by atoms with Crippen LogP contribution >= 0.6 is 11.3 Å². The second-order valence-electron chi connectivity index (χ2n) is 5.08. The first-order chi connectivity index (χ1) is 11.4. The van der Waals surface area contributed by atoms with Gasteiger partial charge in [0.2, 0.25) is 5.76 Å². The summed E-state index contributed by atoms with van der Waals surface area (Å²) in [7, 11) is 0. The van der Waals surface area contributed by atoms with Crippen LogP contribution in [0.4, 0.5) is 13.2 Å². The molecule has 10 heteroatoms. The molecule has 1 N–H and O–H groups in total. The molecule has 1 amide bonds. The summed E-state index contributed by atoms with van der Waals surface area (Å²) in [6, 6.07) is 3.76. The van der Waals surface area contributed by atoms with Crippen LogP contribution in [0.1, 0.15) is 34.7 Å². The fourth-order valence-electron chi connectivity index (χ4n) is 2.10. The van der Waals surface area contributed by atoms with Gasteiger partial charge in [0, 0.05) is 19.1 Å². The molecule has 1 saturated heterocycles. The van der Waals surface area contributed by atoms with Gasteiger partial charge < -0.3 is 9.26 Å². The van der Waals surface area contributed by atoms with Crippen molar-refractivity contribution in [1.82, 2.24) is 10.6 Å². The number of thiophene rings is 1. The number of halogens is 3. The van der Waals surface area contributed by atoms with Crippen molar-refractivity contribution in [2.24, 2.45) is 0 Å². The highest BCUT2D eigenvalue weighted by molar-refractivity contribution is 7.17. The molecule has 0 spiro atoms. The molecule has 3 rings (SSSR count). The summed E-state index contributed by atoms with van der Waals surface area (Å²) in [5, 5.41) is 3.38. The van der Waals surface area contributed by atoms with Crippen LogP contribution in [0.2, 0.25) is 0 Å². The predicted molar refractivity (Wildman–Crippen MR) is 77.0 cm³/mol. The number of alkyl halides is 3. The number of nitrogens with zero attached hydrogens (tertiary/aromatic N) is 1. The Kier molecular flexibility index (Phi) is 4.88. The number of carbonyl (C=O) groups is 1. The van der Waals surface area contributed by atoms with E-state index in [0.29, 0.717) is 17.9 Å².